The number of hydrogen-bond donors (Lipinski definition) is 2. The lowest BCUT2D eigenvalue weighted by molar-refractivity contribution is -0.131. The Morgan fingerprint density at radius 1 is 1.25 bits per heavy atom. The molecule has 0 saturated carbocycles. The zero-order valence-corrected chi connectivity index (χ0v) is 13.0. The first-order valence-corrected chi connectivity index (χ1v) is 7.36. The summed E-state index contributed by atoms with van der Waals surface area (Å²) in [6.45, 7) is 9.88. The van der Waals surface area contributed by atoms with Crippen LogP contribution in [-0.4, -0.2) is 64.7 Å². The van der Waals surface area contributed by atoms with E-state index < -0.39 is 17.7 Å². The van der Waals surface area contributed by atoms with Crippen molar-refractivity contribution in [1.82, 2.24) is 15.1 Å². The quantitative estimate of drug-likeness (QED) is 0.647. The van der Waals surface area contributed by atoms with E-state index in [4.69, 9.17) is 0 Å². The van der Waals surface area contributed by atoms with E-state index in [2.05, 4.69) is 24.1 Å². The van der Waals surface area contributed by atoms with Crippen LogP contribution >= 0.6 is 0 Å². The molecule has 6 heteroatoms. The molecule has 1 saturated heterocycles. The molecule has 1 rings (SSSR count). The van der Waals surface area contributed by atoms with E-state index >= 15 is 0 Å². The molecule has 1 heterocycles. The molecule has 6 nitrogen and oxygen atoms in total. The van der Waals surface area contributed by atoms with E-state index in [-0.39, 0.29) is 12.5 Å². The maximum Gasteiger partial charge on any atom is 0.325 e. The molecular formula is C14H27N3O3. The van der Waals surface area contributed by atoms with Gasteiger partial charge in [-0.2, -0.15) is 0 Å². The summed E-state index contributed by atoms with van der Waals surface area (Å²) in [6.07, 6.45) is 1.32. The molecule has 0 aromatic carbocycles. The third-order valence-electron chi connectivity index (χ3n) is 3.39. The number of nitrogens with one attached hydrogen (secondary N) is 1. The van der Waals surface area contributed by atoms with Crippen molar-refractivity contribution in [3.63, 3.8) is 0 Å². The van der Waals surface area contributed by atoms with Crippen molar-refractivity contribution in [3.05, 3.63) is 0 Å². The second kappa shape index (κ2) is 7.04. The Kier molecular flexibility index (Phi) is 5.95. The number of hydrogen-bond acceptors (Lipinski definition) is 4. The summed E-state index contributed by atoms with van der Waals surface area (Å²) in [4.78, 5) is 27.0. The highest BCUT2D eigenvalue weighted by Crippen LogP contribution is 2.16. The van der Waals surface area contributed by atoms with E-state index in [1.165, 1.54) is 0 Å². The molecule has 0 spiro atoms. The minimum absolute atomic E-state index is 0.0536. The van der Waals surface area contributed by atoms with Crippen molar-refractivity contribution in [2.45, 2.75) is 52.2 Å². The van der Waals surface area contributed by atoms with E-state index in [0.717, 1.165) is 30.8 Å². The first kappa shape index (κ1) is 16.9. The fourth-order valence-electron chi connectivity index (χ4n) is 2.48. The molecular weight excluding hydrogens is 258 g/mol. The van der Waals surface area contributed by atoms with E-state index in [9.17, 15) is 14.7 Å². The number of urea groups is 1. The summed E-state index contributed by atoms with van der Waals surface area (Å²) in [7, 11) is 0. The van der Waals surface area contributed by atoms with Crippen LogP contribution in [0.5, 0.6) is 0 Å². The van der Waals surface area contributed by atoms with Gasteiger partial charge in [0.05, 0.1) is 12.6 Å². The highest BCUT2D eigenvalue weighted by Gasteiger charge is 2.44. The molecule has 1 atom stereocenters. The lowest BCUT2D eigenvalue weighted by Gasteiger charge is -2.26. The minimum Gasteiger partial charge on any atom is -0.390 e. The molecule has 0 aromatic rings. The zero-order chi connectivity index (χ0) is 15.3. The summed E-state index contributed by atoms with van der Waals surface area (Å²) in [6, 6.07) is -0.420. The molecule has 2 N–H and O–H groups in total. The van der Waals surface area contributed by atoms with Gasteiger partial charge in [0.1, 0.15) is 5.54 Å². The van der Waals surface area contributed by atoms with Crippen molar-refractivity contribution in [2.75, 3.05) is 26.2 Å². The molecule has 0 unspecified atom stereocenters. The Morgan fingerprint density at radius 3 is 2.20 bits per heavy atom. The molecule has 0 bridgehead atoms. The molecule has 0 aliphatic carbocycles. The van der Waals surface area contributed by atoms with Gasteiger partial charge < -0.3 is 15.3 Å². The van der Waals surface area contributed by atoms with Crippen molar-refractivity contribution >= 4 is 11.9 Å². The third kappa shape index (κ3) is 4.18. The van der Waals surface area contributed by atoms with Gasteiger partial charge in [0, 0.05) is 6.54 Å². The molecule has 0 aromatic heterocycles. The Bertz CT molecular complexity index is 352. The first-order chi connectivity index (χ1) is 9.31. The first-order valence-electron chi connectivity index (χ1n) is 7.36. The number of rotatable bonds is 8. The SMILES string of the molecule is CCCN(CCC)C[C@@H](O)CN1C(=O)NC(C)(C)C1=O. The minimum atomic E-state index is -0.872. The largest absolute Gasteiger partial charge is 0.390 e. The second-order valence-electron chi connectivity index (χ2n) is 5.93. The fourth-order valence-corrected chi connectivity index (χ4v) is 2.48. The van der Waals surface area contributed by atoms with E-state index in [1.54, 1.807) is 13.8 Å². The molecule has 1 aliphatic rings. The second-order valence-corrected chi connectivity index (χ2v) is 5.93. The van der Waals surface area contributed by atoms with Gasteiger partial charge >= 0.3 is 6.03 Å². The summed E-state index contributed by atoms with van der Waals surface area (Å²) < 4.78 is 0. The van der Waals surface area contributed by atoms with Gasteiger partial charge in [0.15, 0.2) is 0 Å². The van der Waals surface area contributed by atoms with Gasteiger partial charge in [0.2, 0.25) is 0 Å². The fraction of sp³-hybridized carbons (Fsp3) is 0.857. The van der Waals surface area contributed by atoms with Crippen LogP contribution in [0.4, 0.5) is 4.79 Å². The van der Waals surface area contributed by atoms with Gasteiger partial charge in [-0.15, -0.1) is 0 Å². The average molecular weight is 285 g/mol. The van der Waals surface area contributed by atoms with Crippen LogP contribution in [0.2, 0.25) is 0 Å². The molecule has 1 aliphatic heterocycles. The van der Waals surface area contributed by atoms with Gasteiger partial charge in [-0.25, -0.2) is 4.79 Å². The van der Waals surface area contributed by atoms with Crippen molar-refractivity contribution < 1.29 is 14.7 Å². The Morgan fingerprint density at radius 2 is 1.80 bits per heavy atom. The molecule has 20 heavy (non-hydrogen) atoms. The number of aliphatic hydroxyl groups is 1. The Balaban J connectivity index is 2.55. The summed E-state index contributed by atoms with van der Waals surface area (Å²) in [5.74, 6) is -0.279. The van der Waals surface area contributed by atoms with Gasteiger partial charge in [-0.1, -0.05) is 13.8 Å². The average Bonchev–Trinajstić information content (AvgIpc) is 2.52. The molecule has 0 radical (unpaired) electrons. The van der Waals surface area contributed by atoms with Gasteiger partial charge in [-0.3, -0.25) is 9.69 Å². The van der Waals surface area contributed by atoms with Crippen LogP contribution in [0, 0.1) is 0 Å². The van der Waals surface area contributed by atoms with Crippen LogP contribution in [0.15, 0.2) is 0 Å². The molecule has 1 fully saturated rings. The molecule has 116 valence electrons. The highest BCUT2D eigenvalue weighted by atomic mass is 16.3. The monoisotopic (exact) mass is 285 g/mol. The lowest BCUT2D eigenvalue weighted by Crippen LogP contribution is -2.44. The summed E-state index contributed by atoms with van der Waals surface area (Å²) in [5.41, 5.74) is -0.872. The lowest BCUT2D eigenvalue weighted by atomic mass is 10.1. The predicted molar refractivity (Wildman–Crippen MR) is 77.4 cm³/mol. The van der Waals surface area contributed by atoms with Gasteiger partial charge in [0.25, 0.3) is 5.91 Å². The standard InChI is InChI=1S/C14H27N3O3/c1-5-7-16(8-6-2)9-11(18)10-17-12(19)14(3,4)15-13(17)20/h11,18H,5-10H2,1-4H3,(H,15,20)/t11-/m1/s1. The maximum absolute atomic E-state index is 12.0. The number of amides is 3. The number of carbonyl (C=O) groups excluding carboxylic acids is 2. The normalized spacial score (nSPS) is 19.6. The molecule has 3 amide bonds. The third-order valence-corrected chi connectivity index (χ3v) is 3.39. The van der Waals surface area contributed by atoms with Crippen LogP contribution in [-0.2, 0) is 4.79 Å². The van der Waals surface area contributed by atoms with Crippen LogP contribution < -0.4 is 5.32 Å². The number of β-amino-alcohol motifs (C(OH)–C–C–N with tert-alkyl or cyclic N) is 1. The summed E-state index contributed by atoms with van der Waals surface area (Å²) in [5, 5.41) is 12.7. The maximum atomic E-state index is 12.0. The van der Waals surface area contributed by atoms with Gasteiger partial charge in [-0.05, 0) is 39.8 Å². The van der Waals surface area contributed by atoms with Crippen LogP contribution in [0.25, 0.3) is 0 Å². The van der Waals surface area contributed by atoms with Crippen LogP contribution in [0.3, 0.4) is 0 Å². The van der Waals surface area contributed by atoms with E-state index in [1.807, 2.05) is 0 Å². The Hall–Kier alpha value is -1.14. The topological polar surface area (TPSA) is 72.9 Å². The predicted octanol–water partition coefficient (Wildman–Crippen LogP) is 0.800. The van der Waals surface area contributed by atoms with Crippen molar-refractivity contribution in [2.24, 2.45) is 0 Å². The van der Waals surface area contributed by atoms with Crippen molar-refractivity contribution in [3.8, 4) is 0 Å². The van der Waals surface area contributed by atoms with Crippen molar-refractivity contribution in [1.29, 1.82) is 0 Å². The smallest absolute Gasteiger partial charge is 0.325 e. The number of imide groups is 1. The zero-order valence-electron chi connectivity index (χ0n) is 13.0. The number of aliphatic hydroxyl groups excluding tert-OH is 1. The van der Waals surface area contributed by atoms with E-state index in [0.29, 0.717) is 6.54 Å². The number of nitrogens with zero attached hydrogens (tertiary/aromatic N) is 2. The summed E-state index contributed by atoms with van der Waals surface area (Å²) >= 11 is 0. The van der Waals surface area contributed by atoms with Crippen LogP contribution in [0.1, 0.15) is 40.5 Å². The Labute approximate surface area is 121 Å². The highest BCUT2D eigenvalue weighted by molar-refractivity contribution is 6.06. The number of carbonyl (C=O) groups is 2.